The molecule has 2 aromatic carbocycles. The van der Waals surface area contributed by atoms with Gasteiger partial charge in [0, 0.05) is 32.6 Å². The molecular weight excluding hydrogens is 456 g/mol. The monoisotopic (exact) mass is 492 g/mol. The van der Waals surface area contributed by atoms with Crippen LogP contribution in [0.5, 0.6) is 0 Å². The van der Waals surface area contributed by atoms with Gasteiger partial charge in [-0.2, -0.15) is 0 Å². The predicted octanol–water partition coefficient (Wildman–Crippen LogP) is 2.19. The lowest BCUT2D eigenvalue weighted by molar-refractivity contribution is -0.142. The summed E-state index contributed by atoms with van der Waals surface area (Å²) in [6.07, 6.45) is 1.72. The first kappa shape index (κ1) is 25.9. The van der Waals surface area contributed by atoms with Crippen LogP contribution in [0.4, 0.5) is 0 Å². The number of nitrogens with one attached hydrogen (secondary N) is 3. The van der Waals surface area contributed by atoms with Gasteiger partial charge >= 0.3 is 0 Å². The number of rotatable bonds is 8. The van der Waals surface area contributed by atoms with Crippen LogP contribution in [0.25, 0.3) is 0 Å². The minimum Gasteiger partial charge on any atom is -0.350 e. The molecule has 0 aromatic heterocycles. The quantitative estimate of drug-likeness (QED) is 0.334. The average Bonchev–Trinajstić information content (AvgIpc) is 3.03. The van der Waals surface area contributed by atoms with Gasteiger partial charge in [-0.15, -0.1) is 0 Å². The highest BCUT2D eigenvalue weighted by molar-refractivity contribution is 5.92. The molecule has 2 heterocycles. The van der Waals surface area contributed by atoms with E-state index in [9.17, 15) is 19.6 Å². The molecule has 3 atom stereocenters. The molecule has 0 radical (unpaired) electrons. The third-order valence-corrected chi connectivity index (χ3v) is 7.29. The number of benzene rings is 2. The highest BCUT2D eigenvalue weighted by Gasteiger charge is 2.38. The highest BCUT2D eigenvalue weighted by Crippen LogP contribution is 2.26. The summed E-state index contributed by atoms with van der Waals surface area (Å²) < 4.78 is 0. The third-order valence-electron chi connectivity index (χ3n) is 7.29. The van der Waals surface area contributed by atoms with Crippen LogP contribution >= 0.6 is 0 Å². The van der Waals surface area contributed by atoms with Gasteiger partial charge in [-0.1, -0.05) is 62.4 Å². The Labute approximate surface area is 212 Å². The summed E-state index contributed by atoms with van der Waals surface area (Å²) in [6, 6.07) is 15.3. The van der Waals surface area contributed by atoms with Crippen LogP contribution in [0.1, 0.15) is 42.5 Å². The van der Waals surface area contributed by atoms with Crippen molar-refractivity contribution < 1.29 is 19.6 Å². The summed E-state index contributed by atoms with van der Waals surface area (Å²) in [5.74, 6) is -2.47. The Bertz CT molecular complexity index is 1100. The second-order valence-corrected chi connectivity index (χ2v) is 10.3. The summed E-state index contributed by atoms with van der Waals surface area (Å²) >= 11 is 0. The van der Waals surface area contributed by atoms with Gasteiger partial charge in [0.2, 0.25) is 17.7 Å². The summed E-state index contributed by atoms with van der Waals surface area (Å²) in [4.78, 5) is 41.5. The van der Waals surface area contributed by atoms with E-state index in [1.165, 1.54) is 11.1 Å². The fourth-order valence-corrected chi connectivity index (χ4v) is 5.37. The fraction of sp³-hybridized carbons (Fsp3) is 0.464. The first-order chi connectivity index (χ1) is 17.4. The molecule has 8 heteroatoms. The van der Waals surface area contributed by atoms with Gasteiger partial charge in [0.25, 0.3) is 0 Å². The van der Waals surface area contributed by atoms with E-state index < -0.39 is 23.8 Å². The second-order valence-electron chi connectivity index (χ2n) is 10.3. The number of amides is 3. The Morgan fingerprint density at radius 3 is 2.36 bits per heavy atom. The second kappa shape index (κ2) is 11.7. The number of hydrogen-bond acceptors (Lipinski definition) is 5. The standard InChI is InChI=1S/C28H36N4O4/c1-18(2)13-23(26(33)30-25-14-20-8-4-5-9-21(20)15-29-28(25)35)24(27(34)31-36)17-32-12-11-19-7-3-6-10-22(19)16-32/h3-10,18,23-25,36H,11-17H2,1-2H3,(H,29,35)(H,30,33)(H,31,34)/t23-,24+,25+/m1/s1. The highest BCUT2D eigenvalue weighted by atomic mass is 16.5. The zero-order valence-corrected chi connectivity index (χ0v) is 21.0. The van der Waals surface area contributed by atoms with Gasteiger partial charge in [0.05, 0.1) is 11.8 Å². The van der Waals surface area contributed by atoms with Crippen molar-refractivity contribution in [3.05, 3.63) is 70.8 Å². The first-order valence-corrected chi connectivity index (χ1v) is 12.7. The van der Waals surface area contributed by atoms with E-state index in [4.69, 9.17) is 0 Å². The molecule has 0 unspecified atom stereocenters. The number of nitrogens with zero attached hydrogens (tertiary/aromatic N) is 1. The van der Waals surface area contributed by atoms with Crippen molar-refractivity contribution in [2.24, 2.45) is 17.8 Å². The number of hydroxylamine groups is 1. The van der Waals surface area contributed by atoms with Crippen LogP contribution in [0.15, 0.2) is 48.5 Å². The van der Waals surface area contributed by atoms with Crippen LogP contribution in [-0.2, 0) is 40.3 Å². The van der Waals surface area contributed by atoms with Gasteiger partial charge in [0.15, 0.2) is 0 Å². The molecule has 2 aliphatic rings. The maximum Gasteiger partial charge on any atom is 0.248 e. The van der Waals surface area contributed by atoms with E-state index in [1.54, 1.807) is 5.48 Å². The number of carbonyl (C=O) groups is 3. The zero-order valence-electron chi connectivity index (χ0n) is 21.0. The molecule has 2 aromatic rings. The molecule has 0 fully saturated rings. The molecule has 0 spiro atoms. The topological polar surface area (TPSA) is 111 Å². The van der Waals surface area contributed by atoms with Gasteiger partial charge < -0.3 is 10.6 Å². The van der Waals surface area contributed by atoms with Crippen molar-refractivity contribution >= 4 is 17.7 Å². The average molecular weight is 493 g/mol. The van der Waals surface area contributed by atoms with E-state index >= 15 is 0 Å². The van der Waals surface area contributed by atoms with Crippen molar-refractivity contribution in [3.8, 4) is 0 Å². The number of hydrogen-bond donors (Lipinski definition) is 4. The van der Waals surface area contributed by atoms with Gasteiger partial charge in [-0.25, -0.2) is 5.48 Å². The summed E-state index contributed by atoms with van der Waals surface area (Å²) in [7, 11) is 0. The van der Waals surface area contributed by atoms with E-state index in [0.29, 0.717) is 32.5 Å². The largest absolute Gasteiger partial charge is 0.350 e. The van der Waals surface area contributed by atoms with E-state index in [-0.39, 0.29) is 17.7 Å². The Morgan fingerprint density at radius 1 is 1.00 bits per heavy atom. The summed E-state index contributed by atoms with van der Waals surface area (Å²) in [5.41, 5.74) is 6.35. The van der Waals surface area contributed by atoms with Crippen molar-refractivity contribution in [1.82, 2.24) is 21.0 Å². The molecule has 0 aliphatic carbocycles. The Kier molecular flexibility index (Phi) is 8.38. The molecule has 3 amide bonds. The van der Waals surface area contributed by atoms with Crippen LogP contribution in [0, 0.1) is 17.8 Å². The van der Waals surface area contributed by atoms with Crippen LogP contribution < -0.4 is 16.1 Å². The maximum atomic E-state index is 13.6. The Morgan fingerprint density at radius 2 is 1.67 bits per heavy atom. The lowest BCUT2D eigenvalue weighted by Gasteiger charge is -2.34. The minimum atomic E-state index is -0.760. The summed E-state index contributed by atoms with van der Waals surface area (Å²) in [6.45, 7) is 6.21. The van der Waals surface area contributed by atoms with Crippen molar-refractivity contribution in [2.75, 3.05) is 13.1 Å². The van der Waals surface area contributed by atoms with Crippen LogP contribution in [0.3, 0.4) is 0 Å². The zero-order chi connectivity index (χ0) is 25.7. The van der Waals surface area contributed by atoms with Crippen molar-refractivity contribution in [2.45, 2.75) is 52.2 Å². The van der Waals surface area contributed by atoms with E-state index in [1.807, 2.05) is 50.2 Å². The van der Waals surface area contributed by atoms with E-state index in [2.05, 4.69) is 27.7 Å². The van der Waals surface area contributed by atoms with E-state index in [0.717, 1.165) is 24.1 Å². The number of fused-ring (bicyclic) bond motifs is 2. The lowest BCUT2D eigenvalue weighted by atomic mass is 9.83. The smallest absolute Gasteiger partial charge is 0.248 e. The van der Waals surface area contributed by atoms with Gasteiger partial charge in [-0.3, -0.25) is 24.5 Å². The summed E-state index contributed by atoms with van der Waals surface area (Å²) in [5, 5.41) is 15.4. The number of carbonyl (C=O) groups excluding carboxylic acids is 3. The normalized spacial score (nSPS) is 19.3. The van der Waals surface area contributed by atoms with Crippen LogP contribution in [-0.4, -0.2) is 47.0 Å². The van der Waals surface area contributed by atoms with Gasteiger partial charge in [-0.05, 0) is 41.0 Å². The van der Waals surface area contributed by atoms with Gasteiger partial charge in [0.1, 0.15) is 6.04 Å². The van der Waals surface area contributed by atoms with Crippen molar-refractivity contribution in [3.63, 3.8) is 0 Å². The first-order valence-electron chi connectivity index (χ1n) is 12.7. The SMILES string of the molecule is CC(C)C[C@@H](C(=O)N[C@H]1Cc2ccccc2CNC1=O)[C@H](CN1CCc2ccccc2C1)C(=O)NO. The lowest BCUT2D eigenvalue weighted by Crippen LogP contribution is -2.52. The Balaban J connectivity index is 1.53. The molecule has 0 saturated carbocycles. The predicted molar refractivity (Wildman–Crippen MR) is 136 cm³/mol. The molecule has 4 N–H and O–H groups in total. The third kappa shape index (κ3) is 6.12. The fourth-order valence-electron chi connectivity index (χ4n) is 5.37. The van der Waals surface area contributed by atoms with Crippen LogP contribution in [0.2, 0.25) is 0 Å². The molecule has 4 rings (SSSR count). The molecule has 36 heavy (non-hydrogen) atoms. The molecule has 0 saturated heterocycles. The molecule has 8 nitrogen and oxygen atoms in total. The molecule has 192 valence electrons. The maximum absolute atomic E-state index is 13.6. The minimum absolute atomic E-state index is 0.139. The molecular formula is C28H36N4O4. The molecule has 2 aliphatic heterocycles. The Hall–Kier alpha value is -3.23. The molecule has 0 bridgehead atoms. The van der Waals surface area contributed by atoms with Crippen molar-refractivity contribution in [1.29, 1.82) is 0 Å².